The highest BCUT2D eigenvalue weighted by Crippen LogP contribution is 2.29. The Bertz CT molecular complexity index is 435. The highest BCUT2D eigenvalue weighted by atomic mass is 19.4. The van der Waals surface area contributed by atoms with Crippen molar-refractivity contribution in [3.63, 3.8) is 0 Å². The number of carbonyl (C=O) groups is 1. The summed E-state index contributed by atoms with van der Waals surface area (Å²) in [5.74, 6) is 0.196. The van der Waals surface area contributed by atoms with Crippen LogP contribution < -0.4 is 0 Å². The van der Waals surface area contributed by atoms with E-state index >= 15 is 0 Å². The van der Waals surface area contributed by atoms with E-state index in [0.717, 1.165) is 12.1 Å². The molecule has 1 aromatic carbocycles. The maximum Gasteiger partial charge on any atom is 0.416 e. The molecule has 0 bridgehead atoms. The second kappa shape index (κ2) is 6.88. The maximum atomic E-state index is 12.4. The third-order valence-corrected chi connectivity index (χ3v) is 2.79. The van der Waals surface area contributed by atoms with Crippen LogP contribution in [0, 0.1) is 5.92 Å². The van der Waals surface area contributed by atoms with Gasteiger partial charge in [0.05, 0.1) is 5.56 Å². The predicted octanol–water partition coefficient (Wildman–Crippen LogP) is 3.88. The van der Waals surface area contributed by atoms with Crippen LogP contribution in [-0.4, -0.2) is 18.5 Å². The molecule has 0 aliphatic carbocycles. The molecule has 0 saturated heterocycles. The molecule has 0 spiro atoms. The van der Waals surface area contributed by atoms with E-state index in [9.17, 15) is 18.0 Å². The van der Waals surface area contributed by atoms with Crippen LogP contribution in [0.3, 0.4) is 0 Å². The van der Waals surface area contributed by atoms with Gasteiger partial charge in [0, 0.05) is 13.0 Å². The minimum atomic E-state index is -4.35. The van der Waals surface area contributed by atoms with Gasteiger partial charge < -0.3 is 4.74 Å². The lowest BCUT2D eigenvalue weighted by Crippen LogP contribution is -2.24. The van der Waals surface area contributed by atoms with E-state index in [0.29, 0.717) is 18.1 Å². The average molecular weight is 288 g/mol. The summed E-state index contributed by atoms with van der Waals surface area (Å²) in [6.07, 6.45) is -4.81. The van der Waals surface area contributed by atoms with E-state index in [4.69, 9.17) is 4.74 Å². The van der Waals surface area contributed by atoms with Crippen molar-refractivity contribution in [3.05, 3.63) is 35.4 Å². The highest BCUT2D eigenvalue weighted by molar-refractivity contribution is 5.84. The summed E-state index contributed by atoms with van der Waals surface area (Å²) in [6.45, 7) is 6.11. The van der Waals surface area contributed by atoms with Crippen LogP contribution in [0.5, 0.6) is 0 Å². The quantitative estimate of drug-likeness (QED) is 0.794. The Morgan fingerprint density at radius 1 is 1.15 bits per heavy atom. The molecule has 1 unspecified atom stereocenters. The first-order valence-electron chi connectivity index (χ1n) is 6.50. The fraction of sp³-hybridized carbons (Fsp3) is 0.533. The Balaban J connectivity index is 2.58. The van der Waals surface area contributed by atoms with Gasteiger partial charge in [-0.1, -0.05) is 26.0 Å². The lowest BCUT2D eigenvalue weighted by Gasteiger charge is -2.14. The molecule has 5 heteroatoms. The molecule has 2 nitrogen and oxygen atoms in total. The lowest BCUT2D eigenvalue weighted by atomic mass is 10.0. The second-order valence-corrected chi connectivity index (χ2v) is 5.21. The molecular formula is C15H19F3O2. The van der Waals surface area contributed by atoms with Crippen LogP contribution in [0.1, 0.15) is 31.9 Å². The number of Topliss-reactive ketones (excluding diaryl/α,β-unsaturated/α-hetero) is 1. The number of benzene rings is 1. The number of carbonyl (C=O) groups excluding carboxylic acids is 1. The fourth-order valence-corrected chi connectivity index (χ4v) is 1.59. The zero-order valence-corrected chi connectivity index (χ0v) is 11.8. The van der Waals surface area contributed by atoms with Crippen molar-refractivity contribution >= 4 is 5.78 Å². The normalized spacial score (nSPS) is 13.6. The number of alkyl halides is 3. The van der Waals surface area contributed by atoms with Gasteiger partial charge in [-0.25, -0.2) is 0 Å². The molecule has 0 saturated carbocycles. The summed E-state index contributed by atoms with van der Waals surface area (Å²) >= 11 is 0. The molecule has 1 rings (SSSR count). The van der Waals surface area contributed by atoms with Gasteiger partial charge in [-0.05, 0) is 30.5 Å². The summed E-state index contributed by atoms with van der Waals surface area (Å²) in [7, 11) is 0. The molecule has 0 aromatic heterocycles. The van der Waals surface area contributed by atoms with Gasteiger partial charge in [0.2, 0.25) is 0 Å². The first-order chi connectivity index (χ1) is 9.20. The van der Waals surface area contributed by atoms with Crippen LogP contribution in [0.4, 0.5) is 13.2 Å². The number of rotatable bonds is 6. The fourth-order valence-electron chi connectivity index (χ4n) is 1.59. The topological polar surface area (TPSA) is 26.3 Å². The molecule has 0 radical (unpaired) electrons. The molecule has 0 fully saturated rings. The van der Waals surface area contributed by atoms with Crippen LogP contribution in [0.2, 0.25) is 0 Å². The zero-order valence-electron chi connectivity index (χ0n) is 11.8. The van der Waals surface area contributed by atoms with Gasteiger partial charge in [0.1, 0.15) is 6.10 Å². The molecule has 0 amide bonds. The molecular weight excluding hydrogens is 269 g/mol. The predicted molar refractivity (Wildman–Crippen MR) is 70.4 cm³/mol. The van der Waals surface area contributed by atoms with E-state index < -0.39 is 17.8 Å². The Hall–Kier alpha value is -1.36. The van der Waals surface area contributed by atoms with Crippen molar-refractivity contribution in [2.24, 2.45) is 5.92 Å². The largest absolute Gasteiger partial charge is 0.416 e. The van der Waals surface area contributed by atoms with Gasteiger partial charge in [-0.2, -0.15) is 13.2 Å². The van der Waals surface area contributed by atoms with Gasteiger partial charge in [-0.15, -0.1) is 0 Å². The Morgan fingerprint density at radius 3 is 2.15 bits per heavy atom. The van der Waals surface area contributed by atoms with Gasteiger partial charge in [0.15, 0.2) is 5.78 Å². The SMILES string of the molecule is CC(C)COC(C)C(=O)Cc1ccc(C(F)(F)F)cc1. The van der Waals surface area contributed by atoms with Crippen molar-refractivity contribution in [1.29, 1.82) is 0 Å². The van der Waals surface area contributed by atoms with E-state index in [-0.39, 0.29) is 12.2 Å². The molecule has 112 valence electrons. The highest BCUT2D eigenvalue weighted by Gasteiger charge is 2.30. The van der Waals surface area contributed by atoms with Gasteiger partial charge in [-0.3, -0.25) is 4.79 Å². The molecule has 1 aromatic rings. The summed E-state index contributed by atoms with van der Waals surface area (Å²) in [4.78, 5) is 11.9. The lowest BCUT2D eigenvalue weighted by molar-refractivity contribution is -0.137. The molecule has 1 atom stereocenters. The van der Waals surface area contributed by atoms with Crippen molar-refractivity contribution in [3.8, 4) is 0 Å². The Morgan fingerprint density at radius 2 is 1.70 bits per heavy atom. The van der Waals surface area contributed by atoms with E-state index in [1.807, 2.05) is 13.8 Å². The van der Waals surface area contributed by atoms with Crippen LogP contribution >= 0.6 is 0 Å². The van der Waals surface area contributed by atoms with Gasteiger partial charge in [0.25, 0.3) is 0 Å². The number of ketones is 1. The smallest absolute Gasteiger partial charge is 0.370 e. The van der Waals surface area contributed by atoms with E-state index in [1.54, 1.807) is 6.92 Å². The molecule has 0 heterocycles. The van der Waals surface area contributed by atoms with E-state index in [1.165, 1.54) is 12.1 Å². The second-order valence-electron chi connectivity index (χ2n) is 5.21. The summed E-state index contributed by atoms with van der Waals surface area (Å²) < 4.78 is 42.6. The minimum absolute atomic E-state index is 0.0808. The molecule has 0 aliphatic heterocycles. The third kappa shape index (κ3) is 5.33. The summed E-state index contributed by atoms with van der Waals surface area (Å²) in [5.41, 5.74) is -0.152. The molecule has 20 heavy (non-hydrogen) atoms. The summed E-state index contributed by atoms with van der Waals surface area (Å²) in [6, 6.07) is 4.64. The van der Waals surface area contributed by atoms with Crippen LogP contribution in [0.15, 0.2) is 24.3 Å². The van der Waals surface area contributed by atoms with Crippen LogP contribution in [-0.2, 0) is 22.1 Å². The first-order valence-corrected chi connectivity index (χ1v) is 6.50. The standard InChI is InChI=1S/C15H19F3O2/c1-10(2)9-20-11(3)14(19)8-12-4-6-13(7-5-12)15(16,17)18/h4-7,10-11H,8-9H2,1-3H3. The van der Waals surface area contributed by atoms with Crippen LogP contribution in [0.25, 0.3) is 0 Å². The number of ether oxygens (including phenoxy) is 1. The minimum Gasteiger partial charge on any atom is -0.370 e. The van der Waals surface area contributed by atoms with Crippen molar-refractivity contribution in [2.75, 3.05) is 6.61 Å². The van der Waals surface area contributed by atoms with Crippen molar-refractivity contribution < 1.29 is 22.7 Å². The van der Waals surface area contributed by atoms with E-state index in [2.05, 4.69) is 0 Å². The number of hydrogen-bond donors (Lipinski definition) is 0. The Labute approximate surface area is 116 Å². The third-order valence-electron chi connectivity index (χ3n) is 2.79. The number of hydrogen-bond acceptors (Lipinski definition) is 2. The van der Waals surface area contributed by atoms with Crippen molar-refractivity contribution in [2.45, 2.75) is 39.5 Å². The van der Waals surface area contributed by atoms with Crippen molar-refractivity contribution in [1.82, 2.24) is 0 Å². The number of halogens is 3. The zero-order chi connectivity index (χ0) is 15.3. The molecule has 0 N–H and O–H groups in total. The average Bonchev–Trinajstić information content (AvgIpc) is 2.35. The first kappa shape index (κ1) is 16.7. The monoisotopic (exact) mass is 288 g/mol. The maximum absolute atomic E-state index is 12.4. The summed E-state index contributed by atoms with van der Waals surface area (Å²) in [5, 5.41) is 0. The molecule has 0 aliphatic rings. The Kier molecular flexibility index (Phi) is 5.74. The van der Waals surface area contributed by atoms with Gasteiger partial charge >= 0.3 is 6.18 Å².